The summed E-state index contributed by atoms with van der Waals surface area (Å²) < 4.78 is 5.74. The summed E-state index contributed by atoms with van der Waals surface area (Å²) in [5.74, 6) is 0. The average Bonchev–Trinajstić information content (AvgIpc) is 2.41. The Balaban J connectivity index is 2.09. The van der Waals surface area contributed by atoms with Gasteiger partial charge in [0.15, 0.2) is 0 Å². The van der Waals surface area contributed by atoms with Crippen molar-refractivity contribution in [2.45, 2.75) is 58.6 Å². The van der Waals surface area contributed by atoms with E-state index in [-0.39, 0.29) is 0 Å². The summed E-state index contributed by atoms with van der Waals surface area (Å²) in [7, 11) is 0. The van der Waals surface area contributed by atoms with E-state index in [1.54, 1.807) is 0 Å². The Morgan fingerprint density at radius 3 is 2.89 bits per heavy atom. The van der Waals surface area contributed by atoms with Crippen LogP contribution < -0.4 is 5.32 Å². The smallest absolute Gasteiger partial charge is 0.0592 e. The van der Waals surface area contributed by atoms with Gasteiger partial charge in [0.2, 0.25) is 0 Å². The molecule has 0 aromatic heterocycles. The highest BCUT2D eigenvalue weighted by Gasteiger charge is 2.21. The molecule has 0 bridgehead atoms. The molecule has 0 radical (unpaired) electrons. The van der Waals surface area contributed by atoms with Crippen LogP contribution in [0.5, 0.6) is 0 Å². The van der Waals surface area contributed by atoms with Crippen molar-refractivity contribution in [3.8, 4) is 0 Å². The number of para-hydroxylation sites is 1. The lowest BCUT2D eigenvalue weighted by atomic mass is 9.99. The first-order valence-electron chi connectivity index (χ1n) is 7.21. The molecule has 2 heteroatoms. The predicted molar refractivity (Wildman–Crippen MR) is 77.2 cm³/mol. The molecular weight excluding hydrogens is 222 g/mol. The van der Waals surface area contributed by atoms with Crippen LogP contribution >= 0.6 is 0 Å². The third-order valence-electron chi connectivity index (χ3n) is 3.91. The molecule has 0 aliphatic carbocycles. The molecule has 0 amide bonds. The van der Waals surface area contributed by atoms with Crippen molar-refractivity contribution in [3.05, 3.63) is 29.3 Å². The third kappa shape index (κ3) is 3.05. The number of anilines is 1. The highest BCUT2D eigenvalue weighted by atomic mass is 16.5. The molecule has 0 spiro atoms. The van der Waals surface area contributed by atoms with Gasteiger partial charge in [-0.3, -0.25) is 0 Å². The standard InChI is InChI=1S/C16H25NO/c1-4-13-8-6-7-12(3)16(13)17-14-9-10-18-15(5-2)11-14/h6-8,14-15,17H,4-5,9-11H2,1-3H3. The van der Waals surface area contributed by atoms with Gasteiger partial charge in [-0.1, -0.05) is 32.0 Å². The summed E-state index contributed by atoms with van der Waals surface area (Å²) in [6.07, 6.45) is 4.89. The molecule has 0 saturated carbocycles. The topological polar surface area (TPSA) is 21.3 Å². The molecule has 1 aromatic carbocycles. The molecule has 100 valence electrons. The highest BCUT2D eigenvalue weighted by Crippen LogP contribution is 2.26. The average molecular weight is 247 g/mol. The van der Waals surface area contributed by atoms with E-state index in [1.807, 2.05) is 0 Å². The number of benzene rings is 1. The van der Waals surface area contributed by atoms with E-state index in [0.29, 0.717) is 12.1 Å². The minimum absolute atomic E-state index is 0.436. The number of hydrogen-bond acceptors (Lipinski definition) is 2. The molecular formula is C16H25NO. The monoisotopic (exact) mass is 247 g/mol. The Labute approximate surface area is 111 Å². The first-order valence-corrected chi connectivity index (χ1v) is 7.21. The summed E-state index contributed by atoms with van der Waals surface area (Å²) in [5.41, 5.74) is 4.13. The predicted octanol–water partition coefficient (Wildman–Crippen LogP) is 3.93. The van der Waals surface area contributed by atoms with E-state index >= 15 is 0 Å². The van der Waals surface area contributed by atoms with Crippen LogP contribution in [0.2, 0.25) is 0 Å². The quantitative estimate of drug-likeness (QED) is 0.870. The van der Waals surface area contributed by atoms with Gasteiger partial charge in [0, 0.05) is 18.3 Å². The van der Waals surface area contributed by atoms with Gasteiger partial charge in [-0.15, -0.1) is 0 Å². The van der Waals surface area contributed by atoms with Crippen molar-refractivity contribution >= 4 is 5.69 Å². The normalized spacial score (nSPS) is 23.9. The molecule has 1 fully saturated rings. The van der Waals surface area contributed by atoms with Crippen LogP contribution in [0.15, 0.2) is 18.2 Å². The molecule has 1 aromatic rings. The molecule has 2 unspecified atom stereocenters. The van der Waals surface area contributed by atoms with Gasteiger partial charge in [-0.25, -0.2) is 0 Å². The first kappa shape index (κ1) is 13.4. The van der Waals surface area contributed by atoms with Crippen LogP contribution in [0, 0.1) is 6.92 Å². The lowest BCUT2D eigenvalue weighted by molar-refractivity contribution is 0.00924. The van der Waals surface area contributed by atoms with Crippen molar-refractivity contribution in [3.63, 3.8) is 0 Å². The molecule has 2 atom stereocenters. The van der Waals surface area contributed by atoms with Crippen LogP contribution in [0.25, 0.3) is 0 Å². The number of aryl methyl sites for hydroxylation is 2. The van der Waals surface area contributed by atoms with Crippen molar-refractivity contribution in [1.82, 2.24) is 0 Å². The van der Waals surface area contributed by atoms with Gasteiger partial charge in [0.25, 0.3) is 0 Å². The lowest BCUT2D eigenvalue weighted by Crippen LogP contribution is -2.34. The van der Waals surface area contributed by atoms with Crippen molar-refractivity contribution < 1.29 is 4.74 Å². The Hall–Kier alpha value is -1.02. The second-order valence-corrected chi connectivity index (χ2v) is 5.23. The Morgan fingerprint density at radius 2 is 2.17 bits per heavy atom. The van der Waals surface area contributed by atoms with Crippen molar-refractivity contribution in [2.75, 3.05) is 11.9 Å². The number of rotatable bonds is 4. The van der Waals surface area contributed by atoms with E-state index in [9.17, 15) is 0 Å². The van der Waals surface area contributed by atoms with Crippen molar-refractivity contribution in [1.29, 1.82) is 0 Å². The van der Waals surface area contributed by atoms with Gasteiger partial charge >= 0.3 is 0 Å². The Bertz CT molecular complexity index is 389. The fraction of sp³-hybridized carbons (Fsp3) is 0.625. The van der Waals surface area contributed by atoms with Gasteiger partial charge in [0.1, 0.15) is 0 Å². The summed E-state index contributed by atoms with van der Waals surface area (Å²) >= 11 is 0. The van der Waals surface area contributed by atoms with Gasteiger partial charge in [0.05, 0.1) is 6.10 Å². The maximum atomic E-state index is 5.74. The summed E-state index contributed by atoms with van der Waals surface area (Å²) in [4.78, 5) is 0. The molecule has 1 saturated heterocycles. The molecule has 1 aliphatic heterocycles. The molecule has 2 rings (SSSR count). The second-order valence-electron chi connectivity index (χ2n) is 5.23. The number of hydrogen-bond donors (Lipinski definition) is 1. The van der Waals surface area contributed by atoms with E-state index in [2.05, 4.69) is 44.3 Å². The fourth-order valence-corrected chi connectivity index (χ4v) is 2.73. The van der Waals surface area contributed by atoms with Gasteiger partial charge in [-0.05, 0) is 43.7 Å². The van der Waals surface area contributed by atoms with Crippen LogP contribution in [0.3, 0.4) is 0 Å². The van der Waals surface area contributed by atoms with E-state index < -0.39 is 0 Å². The molecule has 18 heavy (non-hydrogen) atoms. The van der Waals surface area contributed by atoms with E-state index in [4.69, 9.17) is 4.74 Å². The number of nitrogens with one attached hydrogen (secondary N) is 1. The zero-order valence-electron chi connectivity index (χ0n) is 11.8. The van der Waals surface area contributed by atoms with Gasteiger partial charge in [-0.2, -0.15) is 0 Å². The maximum Gasteiger partial charge on any atom is 0.0592 e. The minimum Gasteiger partial charge on any atom is -0.382 e. The molecule has 1 N–H and O–H groups in total. The van der Waals surface area contributed by atoms with Crippen LogP contribution in [-0.2, 0) is 11.2 Å². The van der Waals surface area contributed by atoms with Crippen LogP contribution in [0.1, 0.15) is 44.2 Å². The van der Waals surface area contributed by atoms with E-state index in [0.717, 1.165) is 32.3 Å². The zero-order chi connectivity index (χ0) is 13.0. The summed E-state index contributed by atoms with van der Waals surface area (Å²) in [6, 6.07) is 7.14. The van der Waals surface area contributed by atoms with Crippen molar-refractivity contribution in [2.24, 2.45) is 0 Å². The maximum absolute atomic E-state index is 5.74. The van der Waals surface area contributed by atoms with Crippen LogP contribution in [-0.4, -0.2) is 18.8 Å². The molecule has 1 heterocycles. The number of ether oxygens (including phenoxy) is 1. The third-order valence-corrected chi connectivity index (χ3v) is 3.91. The largest absolute Gasteiger partial charge is 0.382 e. The Morgan fingerprint density at radius 1 is 1.33 bits per heavy atom. The lowest BCUT2D eigenvalue weighted by Gasteiger charge is -2.31. The second kappa shape index (κ2) is 6.24. The van der Waals surface area contributed by atoms with Gasteiger partial charge < -0.3 is 10.1 Å². The minimum atomic E-state index is 0.436. The summed E-state index contributed by atoms with van der Waals surface area (Å²) in [6.45, 7) is 7.51. The SMILES string of the molecule is CCc1cccc(C)c1NC1CCOC(CC)C1. The Kier molecular flexibility index (Phi) is 4.65. The van der Waals surface area contributed by atoms with Crippen LogP contribution in [0.4, 0.5) is 5.69 Å². The first-order chi connectivity index (χ1) is 8.74. The highest BCUT2D eigenvalue weighted by molar-refractivity contribution is 5.57. The molecule has 2 nitrogen and oxygen atoms in total. The molecule has 1 aliphatic rings. The van der Waals surface area contributed by atoms with E-state index in [1.165, 1.54) is 16.8 Å². The fourth-order valence-electron chi connectivity index (χ4n) is 2.73. The summed E-state index contributed by atoms with van der Waals surface area (Å²) in [5, 5.41) is 3.75. The zero-order valence-corrected chi connectivity index (χ0v) is 11.8.